The average Bonchev–Trinajstić information content (AvgIpc) is 3.02. The van der Waals surface area contributed by atoms with E-state index in [2.05, 4.69) is 30.1 Å². The van der Waals surface area contributed by atoms with Crippen molar-refractivity contribution in [2.45, 2.75) is 19.4 Å². The number of hydrogen-bond donors (Lipinski definition) is 0. The molecule has 30 heavy (non-hydrogen) atoms. The van der Waals surface area contributed by atoms with Gasteiger partial charge in [-0.1, -0.05) is 54.4 Å². The minimum atomic E-state index is -0.923. The van der Waals surface area contributed by atoms with E-state index in [1.165, 1.54) is 16.2 Å². The van der Waals surface area contributed by atoms with Crippen molar-refractivity contribution in [3.05, 3.63) is 118 Å². The van der Waals surface area contributed by atoms with Gasteiger partial charge < -0.3 is 4.57 Å². The molecule has 1 aliphatic carbocycles. The van der Waals surface area contributed by atoms with E-state index in [0.29, 0.717) is 17.4 Å². The Balaban J connectivity index is 1.60. The van der Waals surface area contributed by atoms with Crippen LogP contribution < -0.4 is 5.56 Å². The van der Waals surface area contributed by atoms with Crippen LogP contribution in [0.5, 0.6) is 0 Å². The zero-order valence-electron chi connectivity index (χ0n) is 16.2. The van der Waals surface area contributed by atoms with Crippen molar-refractivity contribution in [3.63, 3.8) is 0 Å². The zero-order chi connectivity index (χ0) is 20.9. The van der Waals surface area contributed by atoms with Crippen LogP contribution in [0.4, 0.5) is 8.78 Å². The number of hydrogen-bond acceptors (Lipinski definition) is 1. The third kappa shape index (κ3) is 4.47. The van der Waals surface area contributed by atoms with Crippen LogP contribution in [0.3, 0.4) is 0 Å². The number of benzene rings is 2. The average molecular weight is 399 g/mol. The van der Waals surface area contributed by atoms with Gasteiger partial charge in [-0.3, -0.25) is 4.79 Å². The van der Waals surface area contributed by atoms with Gasteiger partial charge in [-0.2, -0.15) is 0 Å². The molecule has 0 unspecified atom stereocenters. The van der Waals surface area contributed by atoms with Gasteiger partial charge in [-0.05, 0) is 53.3 Å². The van der Waals surface area contributed by atoms with Crippen LogP contribution in [0.15, 0.2) is 89.4 Å². The Morgan fingerprint density at radius 3 is 2.77 bits per heavy atom. The lowest BCUT2D eigenvalue weighted by Crippen LogP contribution is -2.20. The summed E-state index contributed by atoms with van der Waals surface area (Å²) in [6.07, 6.45) is 13.5. The van der Waals surface area contributed by atoms with Gasteiger partial charge in [0, 0.05) is 23.6 Å². The number of rotatable bonds is 3. The smallest absolute Gasteiger partial charge is 0.258 e. The number of allylic oxidation sites excluding steroid dienone is 6. The monoisotopic (exact) mass is 399 g/mol. The van der Waals surface area contributed by atoms with Crippen LogP contribution in [0.1, 0.15) is 24.0 Å². The van der Waals surface area contributed by atoms with Crippen LogP contribution in [-0.4, -0.2) is 4.57 Å². The summed E-state index contributed by atoms with van der Waals surface area (Å²) < 4.78 is 28.1. The molecule has 0 aliphatic heterocycles. The van der Waals surface area contributed by atoms with Gasteiger partial charge in [0.15, 0.2) is 11.6 Å². The summed E-state index contributed by atoms with van der Waals surface area (Å²) in [6, 6.07) is 11.0. The predicted octanol–water partition coefficient (Wildman–Crippen LogP) is 5.51. The quantitative estimate of drug-likeness (QED) is 0.532. The first-order chi connectivity index (χ1) is 14.6. The van der Waals surface area contributed by atoms with Gasteiger partial charge in [0.05, 0.1) is 6.54 Å². The third-order valence-electron chi connectivity index (χ3n) is 4.91. The molecule has 1 aliphatic rings. The van der Waals surface area contributed by atoms with Crippen LogP contribution in [-0.2, 0) is 6.54 Å². The van der Waals surface area contributed by atoms with Gasteiger partial charge in [0.1, 0.15) is 0 Å². The second-order valence-electron chi connectivity index (χ2n) is 7.08. The molecule has 3 aromatic rings. The fourth-order valence-corrected chi connectivity index (χ4v) is 3.32. The summed E-state index contributed by atoms with van der Waals surface area (Å²) in [4.78, 5) is 12.9. The van der Waals surface area contributed by atoms with Gasteiger partial charge in [-0.25, -0.2) is 8.78 Å². The molecule has 0 saturated heterocycles. The Hall–Kier alpha value is -3.71. The molecular formula is C26H19F2NO. The maximum Gasteiger partial charge on any atom is 0.258 e. The van der Waals surface area contributed by atoms with E-state index in [1.807, 2.05) is 30.4 Å². The van der Waals surface area contributed by atoms with E-state index in [1.54, 1.807) is 12.3 Å². The molecule has 2 nitrogen and oxygen atoms in total. The lowest BCUT2D eigenvalue weighted by atomic mass is 10.1. The lowest BCUT2D eigenvalue weighted by molar-refractivity contribution is 0.506. The minimum Gasteiger partial charge on any atom is -0.311 e. The predicted molar refractivity (Wildman–Crippen MR) is 116 cm³/mol. The summed E-state index contributed by atoms with van der Waals surface area (Å²) in [5.41, 5.74) is 2.26. The van der Waals surface area contributed by atoms with Gasteiger partial charge in [0.25, 0.3) is 5.56 Å². The van der Waals surface area contributed by atoms with Crippen molar-refractivity contribution in [2.24, 2.45) is 0 Å². The minimum absolute atomic E-state index is 0.163. The molecule has 2 aromatic carbocycles. The SMILES string of the molecule is O=c1c2cc(C#CCC3=CCC=CC=C3)ccc2ccn1Cc1ccc(F)c(F)c1. The van der Waals surface area contributed by atoms with Crippen molar-refractivity contribution in [3.8, 4) is 11.8 Å². The summed E-state index contributed by atoms with van der Waals surface area (Å²) in [7, 11) is 0. The number of nitrogens with zero attached hydrogens (tertiary/aromatic N) is 1. The molecule has 1 aromatic heterocycles. The fraction of sp³-hybridized carbons (Fsp3) is 0.115. The number of pyridine rings is 1. The molecule has 0 fully saturated rings. The first-order valence-electron chi connectivity index (χ1n) is 9.68. The second-order valence-corrected chi connectivity index (χ2v) is 7.08. The Bertz CT molecular complexity index is 1320. The molecule has 0 atom stereocenters. The summed E-state index contributed by atoms with van der Waals surface area (Å²) in [5, 5.41) is 1.36. The van der Waals surface area contributed by atoms with E-state index >= 15 is 0 Å². The molecule has 1 heterocycles. The fourth-order valence-electron chi connectivity index (χ4n) is 3.32. The number of fused-ring (bicyclic) bond motifs is 1. The molecule has 4 rings (SSSR count). The van der Waals surface area contributed by atoms with Crippen molar-refractivity contribution in [2.75, 3.05) is 0 Å². The van der Waals surface area contributed by atoms with Crippen LogP contribution in [0.25, 0.3) is 10.8 Å². The Kier molecular flexibility index (Phi) is 5.72. The maximum atomic E-state index is 13.5. The van der Waals surface area contributed by atoms with Crippen molar-refractivity contribution in [1.82, 2.24) is 4.57 Å². The third-order valence-corrected chi connectivity index (χ3v) is 4.91. The van der Waals surface area contributed by atoms with E-state index < -0.39 is 11.6 Å². The number of halogens is 2. The van der Waals surface area contributed by atoms with E-state index in [-0.39, 0.29) is 12.1 Å². The van der Waals surface area contributed by atoms with E-state index in [4.69, 9.17) is 0 Å². The van der Waals surface area contributed by atoms with E-state index in [0.717, 1.165) is 29.5 Å². The maximum absolute atomic E-state index is 13.5. The first-order valence-corrected chi connectivity index (χ1v) is 9.68. The molecule has 0 radical (unpaired) electrons. The molecular weight excluding hydrogens is 380 g/mol. The highest BCUT2D eigenvalue weighted by Crippen LogP contribution is 2.14. The lowest BCUT2D eigenvalue weighted by Gasteiger charge is -2.08. The molecule has 0 N–H and O–H groups in total. The van der Waals surface area contributed by atoms with Gasteiger partial charge in [-0.15, -0.1) is 0 Å². The highest BCUT2D eigenvalue weighted by Gasteiger charge is 2.07. The molecule has 0 saturated carbocycles. The molecule has 0 amide bonds. The normalized spacial score (nSPS) is 12.9. The van der Waals surface area contributed by atoms with Crippen LogP contribution in [0, 0.1) is 23.5 Å². The van der Waals surface area contributed by atoms with Crippen molar-refractivity contribution < 1.29 is 8.78 Å². The second kappa shape index (κ2) is 8.75. The summed E-state index contributed by atoms with van der Waals surface area (Å²) >= 11 is 0. The first kappa shape index (κ1) is 19.6. The zero-order valence-corrected chi connectivity index (χ0v) is 16.2. The van der Waals surface area contributed by atoms with Gasteiger partial charge in [0.2, 0.25) is 0 Å². The van der Waals surface area contributed by atoms with Crippen molar-refractivity contribution in [1.29, 1.82) is 0 Å². The van der Waals surface area contributed by atoms with Crippen LogP contribution in [0.2, 0.25) is 0 Å². The topological polar surface area (TPSA) is 22.0 Å². The highest BCUT2D eigenvalue weighted by atomic mass is 19.2. The molecule has 148 valence electrons. The van der Waals surface area contributed by atoms with E-state index in [9.17, 15) is 13.6 Å². The summed E-state index contributed by atoms with van der Waals surface area (Å²) in [6.45, 7) is 0.163. The molecule has 0 spiro atoms. The Labute approximate surface area is 173 Å². The largest absolute Gasteiger partial charge is 0.311 e. The molecule has 4 heteroatoms. The summed E-state index contributed by atoms with van der Waals surface area (Å²) in [5.74, 6) is 4.47. The Morgan fingerprint density at radius 2 is 1.90 bits per heavy atom. The van der Waals surface area contributed by atoms with Crippen molar-refractivity contribution >= 4 is 10.8 Å². The van der Waals surface area contributed by atoms with Crippen LogP contribution >= 0.6 is 0 Å². The standard InChI is InChI=1S/C26H19F2NO/c27-24-13-11-21(17-25(24)28)18-29-15-14-22-12-10-20(16-23(22)26(29)30)9-5-8-19-6-3-1-2-4-7-19/h1-3,6-7,10-17H,4,8,18H2. The Morgan fingerprint density at radius 1 is 1.00 bits per heavy atom. The molecule has 0 bridgehead atoms. The van der Waals surface area contributed by atoms with Gasteiger partial charge >= 0.3 is 0 Å². The number of aromatic nitrogens is 1. The highest BCUT2D eigenvalue weighted by molar-refractivity contribution is 5.82.